The molecule has 6 aromatic rings. The fraction of sp³-hybridized carbons (Fsp3) is 0.100. The maximum atomic E-state index is 13.5. The molecule has 42 heavy (non-hydrogen) atoms. The smallest absolute Gasteiger partial charge is 0.344 e. The van der Waals surface area contributed by atoms with Crippen molar-refractivity contribution in [3.63, 3.8) is 0 Å². The van der Waals surface area contributed by atoms with Gasteiger partial charge in [0.1, 0.15) is 40.8 Å². The van der Waals surface area contributed by atoms with Crippen LogP contribution in [-0.2, 0) is 6.54 Å². The third-order valence-corrected chi connectivity index (χ3v) is 7.02. The van der Waals surface area contributed by atoms with Crippen molar-refractivity contribution in [2.75, 3.05) is 7.11 Å². The Morgan fingerprint density at radius 2 is 1.50 bits per heavy atom. The molecule has 12 nitrogen and oxygen atoms in total. The van der Waals surface area contributed by atoms with Crippen molar-refractivity contribution in [3.8, 4) is 17.2 Å². The molecule has 3 heterocycles. The zero-order chi connectivity index (χ0) is 29.5. The van der Waals surface area contributed by atoms with Crippen LogP contribution in [0.3, 0.4) is 0 Å². The Bertz CT molecular complexity index is 2030. The Morgan fingerprint density at radius 3 is 2.02 bits per heavy atom. The quantitative estimate of drug-likeness (QED) is 0.157. The highest BCUT2D eigenvalue weighted by Crippen LogP contribution is 2.42. The van der Waals surface area contributed by atoms with Gasteiger partial charge in [-0.3, -0.25) is 14.8 Å². The van der Waals surface area contributed by atoms with E-state index in [1.54, 1.807) is 54.6 Å². The molecule has 0 aliphatic carbocycles. The summed E-state index contributed by atoms with van der Waals surface area (Å²) in [5.41, 5.74) is -1.61. The predicted octanol–water partition coefficient (Wildman–Crippen LogP) is 4.65. The van der Waals surface area contributed by atoms with Crippen LogP contribution in [0.1, 0.15) is 28.2 Å². The van der Waals surface area contributed by atoms with E-state index < -0.39 is 33.6 Å². The molecule has 0 aliphatic rings. The van der Waals surface area contributed by atoms with Gasteiger partial charge in [-0.25, -0.2) is 9.59 Å². The maximum Gasteiger partial charge on any atom is 0.344 e. The van der Waals surface area contributed by atoms with Crippen molar-refractivity contribution >= 4 is 27.6 Å². The largest absolute Gasteiger partial charge is 0.507 e. The number of aromatic hydroxyl groups is 2. The molecule has 0 bridgehead atoms. The topological polar surface area (TPSA) is 171 Å². The Hall–Kier alpha value is -5.91. The fourth-order valence-corrected chi connectivity index (χ4v) is 5.09. The van der Waals surface area contributed by atoms with Crippen LogP contribution in [0.4, 0.5) is 5.69 Å². The van der Waals surface area contributed by atoms with E-state index in [2.05, 4.69) is 5.10 Å². The highest BCUT2D eigenvalue weighted by molar-refractivity contribution is 5.87. The number of fused-ring (bicyclic) bond motifs is 2. The molecule has 6 rings (SSSR count). The van der Waals surface area contributed by atoms with Gasteiger partial charge in [-0.2, -0.15) is 5.10 Å². The number of nitrogens with zero attached hydrogens (tertiary/aromatic N) is 3. The number of ether oxygens (including phenoxy) is 1. The van der Waals surface area contributed by atoms with Gasteiger partial charge in [0.25, 0.3) is 0 Å². The molecule has 0 saturated carbocycles. The van der Waals surface area contributed by atoms with Gasteiger partial charge in [0.15, 0.2) is 0 Å². The van der Waals surface area contributed by atoms with Crippen molar-refractivity contribution in [1.82, 2.24) is 9.78 Å². The van der Waals surface area contributed by atoms with E-state index in [4.69, 9.17) is 13.6 Å². The highest BCUT2D eigenvalue weighted by Gasteiger charge is 2.33. The summed E-state index contributed by atoms with van der Waals surface area (Å²) in [6.07, 6.45) is 2.35. The third-order valence-electron chi connectivity index (χ3n) is 7.02. The molecule has 0 atom stereocenters. The van der Waals surface area contributed by atoms with E-state index >= 15 is 0 Å². The minimum atomic E-state index is -1.36. The summed E-state index contributed by atoms with van der Waals surface area (Å²) in [5, 5.41) is 38.4. The highest BCUT2D eigenvalue weighted by atomic mass is 16.6. The lowest BCUT2D eigenvalue weighted by atomic mass is 9.84. The van der Waals surface area contributed by atoms with Crippen molar-refractivity contribution < 1.29 is 28.7 Å². The molecular weight excluding hydrogens is 546 g/mol. The minimum Gasteiger partial charge on any atom is -0.507 e. The third kappa shape index (κ3) is 4.40. The summed E-state index contributed by atoms with van der Waals surface area (Å²) in [4.78, 5) is 37.5. The van der Waals surface area contributed by atoms with E-state index in [0.29, 0.717) is 16.9 Å². The summed E-state index contributed by atoms with van der Waals surface area (Å²) >= 11 is 0. The standard InChI is InChI=1S/C30H21N3O9/c1-40-21-11-10-16(12-17(21)14-32-15-18(13-31-32)33(38)39)24(25-27(34)19-6-2-4-8-22(19)41-29(25)36)26-28(35)20-7-3-5-9-23(20)42-30(26)37/h2-13,15,24,34-35H,14H2,1H3. The van der Waals surface area contributed by atoms with Crippen LogP contribution < -0.4 is 16.0 Å². The van der Waals surface area contributed by atoms with E-state index in [0.717, 1.165) is 6.20 Å². The number of hydrogen-bond acceptors (Lipinski definition) is 10. The van der Waals surface area contributed by atoms with Gasteiger partial charge in [-0.15, -0.1) is 0 Å². The predicted molar refractivity (Wildman–Crippen MR) is 150 cm³/mol. The number of rotatable bonds is 7. The van der Waals surface area contributed by atoms with Crippen LogP contribution in [-0.4, -0.2) is 32.0 Å². The summed E-state index contributed by atoms with van der Waals surface area (Å²) < 4.78 is 17.9. The lowest BCUT2D eigenvalue weighted by molar-refractivity contribution is -0.385. The molecule has 0 fully saturated rings. The number of hydrogen-bond donors (Lipinski definition) is 2. The van der Waals surface area contributed by atoms with Crippen LogP contribution in [0.5, 0.6) is 17.2 Å². The van der Waals surface area contributed by atoms with E-state index in [-0.39, 0.29) is 45.3 Å². The molecule has 0 spiro atoms. The maximum absolute atomic E-state index is 13.5. The van der Waals surface area contributed by atoms with E-state index in [9.17, 15) is 29.9 Å². The van der Waals surface area contributed by atoms with Gasteiger partial charge >= 0.3 is 16.9 Å². The molecular formula is C30H21N3O9. The van der Waals surface area contributed by atoms with Gasteiger partial charge in [-0.05, 0) is 42.0 Å². The Labute approximate surface area is 235 Å². The normalized spacial score (nSPS) is 11.4. The number of aromatic nitrogens is 2. The first kappa shape index (κ1) is 26.3. The van der Waals surface area contributed by atoms with Gasteiger partial charge in [0.05, 0.1) is 46.4 Å². The number of nitro groups is 1. The second-order valence-corrected chi connectivity index (χ2v) is 9.45. The molecule has 0 radical (unpaired) electrons. The summed E-state index contributed by atoms with van der Waals surface area (Å²) in [6, 6.07) is 17.5. The zero-order valence-electron chi connectivity index (χ0n) is 21.9. The first-order valence-electron chi connectivity index (χ1n) is 12.6. The Kier molecular flexibility index (Phi) is 6.42. The van der Waals surface area contributed by atoms with Crippen LogP contribution in [0.2, 0.25) is 0 Å². The molecule has 0 aliphatic heterocycles. The van der Waals surface area contributed by atoms with Crippen molar-refractivity contribution in [3.05, 3.63) is 132 Å². The average Bonchev–Trinajstić information content (AvgIpc) is 3.45. The molecule has 0 amide bonds. The molecule has 12 heteroatoms. The first-order valence-corrected chi connectivity index (χ1v) is 12.6. The Morgan fingerprint density at radius 1 is 0.929 bits per heavy atom. The van der Waals surface area contributed by atoms with Crippen LogP contribution in [0.25, 0.3) is 21.9 Å². The number of benzene rings is 3. The zero-order valence-corrected chi connectivity index (χ0v) is 21.9. The van der Waals surface area contributed by atoms with Crippen LogP contribution in [0.15, 0.2) is 97.5 Å². The van der Waals surface area contributed by atoms with Crippen molar-refractivity contribution in [1.29, 1.82) is 0 Å². The monoisotopic (exact) mass is 567 g/mol. The summed E-state index contributed by atoms with van der Waals surface area (Å²) in [6.45, 7) is 0.0220. The van der Waals surface area contributed by atoms with Crippen LogP contribution in [0, 0.1) is 10.1 Å². The minimum absolute atomic E-state index is 0.0220. The molecule has 3 aromatic carbocycles. The molecule has 3 aromatic heterocycles. The fourth-order valence-electron chi connectivity index (χ4n) is 5.09. The van der Waals surface area contributed by atoms with Gasteiger partial charge in [0, 0.05) is 5.56 Å². The molecule has 210 valence electrons. The van der Waals surface area contributed by atoms with Gasteiger partial charge < -0.3 is 23.8 Å². The molecule has 2 N–H and O–H groups in total. The second-order valence-electron chi connectivity index (χ2n) is 9.45. The molecule has 0 saturated heterocycles. The van der Waals surface area contributed by atoms with Crippen LogP contribution >= 0.6 is 0 Å². The van der Waals surface area contributed by atoms with Gasteiger partial charge in [-0.1, -0.05) is 30.3 Å². The van der Waals surface area contributed by atoms with Gasteiger partial charge in [0.2, 0.25) is 0 Å². The average molecular weight is 568 g/mol. The first-order chi connectivity index (χ1) is 20.3. The number of para-hydroxylation sites is 2. The van der Waals surface area contributed by atoms with E-state index in [1.165, 1.54) is 30.1 Å². The lowest BCUT2D eigenvalue weighted by Gasteiger charge is -2.21. The summed E-state index contributed by atoms with van der Waals surface area (Å²) in [5.74, 6) is -1.83. The Balaban J connectivity index is 1.63. The lowest BCUT2D eigenvalue weighted by Crippen LogP contribution is -2.21. The van der Waals surface area contributed by atoms with Crippen molar-refractivity contribution in [2.45, 2.75) is 12.5 Å². The summed E-state index contributed by atoms with van der Waals surface area (Å²) in [7, 11) is 1.44. The van der Waals surface area contributed by atoms with E-state index in [1.807, 2.05) is 0 Å². The molecule has 0 unspecified atom stereocenters. The van der Waals surface area contributed by atoms with Crippen molar-refractivity contribution in [2.24, 2.45) is 0 Å². The second kappa shape index (κ2) is 10.2. The SMILES string of the molecule is COc1ccc(C(c2c(O)c3ccccc3oc2=O)c2c(O)c3ccccc3oc2=O)cc1Cn1cc([N+](=O)[O-])cn1. The number of methoxy groups -OCH3 is 1.